The van der Waals surface area contributed by atoms with E-state index in [4.69, 9.17) is 4.74 Å². The maximum absolute atomic E-state index is 12.6. The van der Waals surface area contributed by atoms with Gasteiger partial charge in [0.2, 0.25) is 5.91 Å². The van der Waals surface area contributed by atoms with Gasteiger partial charge in [0, 0.05) is 0 Å². The van der Waals surface area contributed by atoms with Crippen LogP contribution in [-0.2, 0) is 16.0 Å². The summed E-state index contributed by atoms with van der Waals surface area (Å²) < 4.78 is 17.4. The zero-order valence-electron chi connectivity index (χ0n) is 11.2. The number of hydrogen-bond donors (Lipinski definition) is 4. The molecule has 1 aliphatic heterocycles. The Kier molecular flexibility index (Phi) is 5.24. The van der Waals surface area contributed by atoms with Gasteiger partial charge in [-0.1, -0.05) is 30.3 Å². The molecule has 1 aromatic rings. The molecule has 1 heterocycles. The lowest BCUT2D eigenvalue weighted by molar-refractivity contribution is -0.249. The first-order valence-corrected chi connectivity index (χ1v) is 6.62. The fourth-order valence-electron chi connectivity index (χ4n) is 2.25. The topological polar surface area (TPSA) is 99.0 Å². The molecule has 0 unspecified atom stereocenters. The number of amides is 1. The van der Waals surface area contributed by atoms with Crippen LogP contribution in [0.1, 0.15) is 5.56 Å². The molecule has 7 heteroatoms. The van der Waals surface area contributed by atoms with Gasteiger partial charge in [-0.25, -0.2) is 4.39 Å². The van der Waals surface area contributed by atoms with Crippen LogP contribution < -0.4 is 5.32 Å². The van der Waals surface area contributed by atoms with E-state index >= 15 is 0 Å². The van der Waals surface area contributed by atoms with Gasteiger partial charge in [0.15, 0.2) is 6.29 Å². The molecule has 0 saturated carbocycles. The van der Waals surface area contributed by atoms with Gasteiger partial charge in [0.1, 0.15) is 31.0 Å². The molecule has 0 bridgehead atoms. The molecule has 0 spiro atoms. The fraction of sp³-hybridized carbons (Fsp3) is 0.500. The number of alkyl halides is 1. The minimum atomic E-state index is -1.58. The summed E-state index contributed by atoms with van der Waals surface area (Å²) in [6, 6.07) is 7.70. The second-order valence-electron chi connectivity index (χ2n) is 4.96. The number of rotatable bonds is 4. The Hall–Kier alpha value is -1.54. The lowest BCUT2D eigenvalue weighted by atomic mass is 9.97. The summed E-state index contributed by atoms with van der Waals surface area (Å²) in [6.07, 6.45) is -5.85. The summed E-state index contributed by atoms with van der Waals surface area (Å²) in [5.41, 5.74) is 0.762. The average Bonchev–Trinajstić information content (AvgIpc) is 2.48. The third kappa shape index (κ3) is 3.76. The molecule has 0 aliphatic carbocycles. The highest BCUT2D eigenvalue weighted by molar-refractivity contribution is 5.79. The van der Waals surface area contributed by atoms with Gasteiger partial charge < -0.3 is 25.4 Å². The minimum absolute atomic E-state index is 0.0550. The highest BCUT2D eigenvalue weighted by Gasteiger charge is 2.44. The predicted molar refractivity (Wildman–Crippen MR) is 70.9 cm³/mol. The predicted octanol–water partition coefficient (Wildman–Crippen LogP) is -0.878. The monoisotopic (exact) mass is 299 g/mol. The van der Waals surface area contributed by atoms with E-state index in [0.29, 0.717) is 0 Å². The fourth-order valence-corrected chi connectivity index (χ4v) is 2.25. The lowest BCUT2D eigenvalue weighted by Crippen LogP contribution is -2.64. The van der Waals surface area contributed by atoms with Gasteiger partial charge in [0.25, 0.3) is 0 Å². The van der Waals surface area contributed by atoms with Gasteiger partial charge in [-0.05, 0) is 5.56 Å². The summed E-state index contributed by atoms with van der Waals surface area (Å²) in [6.45, 7) is -1.04. The van der Waals surface area contributed by atoms with Gasteiger partial charge in [-0.3, -0.25) is 4.79 Å². The van der Waals surface area contributed by atoms with Crippen molar-refractivity contribution in [2.45, 2.75) is 37.1 Å². The molecule has 1 fully saturated rings. The number of nitrogens with one attached hydrogen (secondary N) is 1. The first-order chi connectivity index (χ1) is 10.0. The van der Waals surface area contributed by atoms with Crippen LogP contribution in [0.15, 0.2) is 30.3 Å². The first-order valence-electron chi connectivity index (χ1n) is 6.62. The van der Waals surface area contributed by atoms with Gasteiger partial charge in [-0.15, -0.1) is 0 Å². The van der Waals surface area contributed by atoms with Crippen LogP contribution in [-0.4, -0.2) is 58.5 Å². The van der Waals surface area contributed by atoms with E-state index in [2.05, 4.69) is 5.32 Å². The lowest BCUT2D eigenvalue weighted by Gasteiger charge is -2.40. The quantitative estimate of drug-likeness (QED) is 0.579. The standard InChI is InChI=1S/C14H18FNO5/c15-7-9-12(18)13(19)11(14(20)21-9)16-10(17)6-8-4-2-1-3-5-8/h1-5,9,11-14,18-20H,6-7H2,(H,16,17)/t9-,11-,12-,13-,14+/m1/s1. The molecule has 4 N–H and O–H groups in total. The molecule has 21 heavy (non-hydrogen) atoms. The summed E-state index contributed by atoms with van der Waals surface area (Å²) in [7, 11) is 0. The van der Waals surface area contributed by atoms with Crippen molar-refractivity contribution in [2.24, 2.45) is 0 Å². The molecule has 1 aromatic carbocycles. The molecule has 5 atom stereocenters. The Morgan fingerprint density at radius 2 is 1.86 bits per heavy atom. The van der Waals surface area contributed by atoms with Crippen LogP contribution in [0.4, 0.5) is 4.39 Å². The smallest absolute Gasteiger partial charge is 0.224 e. The molecule has 1 aliphatic rings. The molecule has 1 amide bonds. The van der Waals surface area contributed by atoms with E-state index in [1.807, 2.05) is 6.07 Å². The summed E-state index contributed by atoms with van der Waals surface area (Å²) in [4.78, 5) is 11.9. The molecule has 1 saturated heterocycles. The third-order valence-corrected chi connectivity index (χ3v) is 3.41. The highest BCUT2D eigenvalue weighted by Crippen LogP contribution is 2.20. The number of halogens is 1. The number of benzene rings is 1. The maximum Gasteiger partial charge on any atom is 0.224 e. The summed E-state index contributed by atoms with van der Waals surface area (Å²) in [5, 5.41) is 31.6. The normalized spacial score (nSPS) is 32.7. The molecule has 116 valence electrons. The Labute approximate surface area is 121 Å². The van der Waals surface area contributed by atoms with E-state index < -0.39 is 43.2 Å². The average molecular weight is 299 g/mol. The van der Waals surface area contributed by atoms with E-state index in [0.717, 1.165) is 5.56 Å². The van der Waals surface area contributed by atoms with Crippen molar-refractivity contribution in [3.05, 3.63) is 35.9 Å². The number of carbonyl (C=O) groups is 1. The van der Waals surface area contributed by atoms with Crippen LogP contribution in [0, 0.1) is 0 Å². The van der Waals surface area contributed by atoms with Crippen molar-refractivity contribution in [2.75, 3.05) is 6.67 Å². The number of aliphatic hydroxyl groups excluding tert-OH is 3. The molecule has 2 rings (SSSR count). The minimum Gasteiger partial charge on any atom is -0.388 e. The summed E-state index contributed by atoms with van der Waals surface area (Å²) in [5.74, 6) is -0.446. The van der Waals surface area contributed by atoms with Gasteiger partial charge >= 0.3 is 0 Å². The maximum atomic E-state index is 12.6. The van der Waals surface area contributed by atoms with Crippen molar-refractivity contribution in [3.8, 4) is 0 Å². The molecule has 0 radical (unpaired) electrons. The van der Waals surface area contributed by atoms with E-state index in [1.165, 1.54) is 0 Å². The van der Waals surface area contributed by atoms with Crippen LogP contribution in [0.3, 0.4) is 0 Å². The van der Waals surface area contributed by atoms with Crippen molar-refractivity contribution in [1.82, 2.24) is 5.32 Å². The van der Waals surface area contributed by atoms with E-state index in [-0.39, 0.29) is 6.42 Å². The molecule has 0 aromatic heterocycles. The Bertz CT molecular complexity index is 472. The van der Waals surface area contributed by atoms with Crippen molar-refractivity contribution < 1.29 is 29.2 Å². The van der Waals surface area contributed by atoms with Crippen LogP contribution >= 0.6 is 0 Å². The van der Waals surface area contributed by atoms with E-state index in [9.17, 15) is 24.5 Å². The van der Waals surface area contributed by atoms with Crippen molar-refractivity contribution >= 4 is 5.91 Å². The number of ether oxygens (including phenoxy) is 1. The molecule has 6 nitrogen and oxygen atoms in total. The van der Waals surface area contributed by atoms with Crippen LogP contribution in [0.2, 0.25) is 0 Å². The number of carbonyl (C=O) groups excluding carboxylic acids is 1. The zero-order chi connectivity index (χ0) is 15.4. The largest absolute Gasteiger partial charge is 0.388 e. The van der Waals surface area contributed by atoms with E-state index in [1.54, 1.807) is 24.3 Å². The van der Waals surface area contributed by atoms with Crippen molar-refractivity contribution in [1.29, 1.82) is 0 Å². The zero-order valence-corrected chi connectivity index (χ0v) is 11.2. The molecular formula is C14H18FNO5. The Morgan fingerprint density at radius 3 is 2.48 bits per heavy atom. The Balaban J connectivity index is 1.96. The van der Waals surface area contributed by atoms with Gasteiger partial charge in [-0.2, -0.15) is 0 Å². The third-order valence-electron chi connectivity index (χ3n) is 3.41. The Morgan fingerprint density at radius 1 is 1.19 bits per heavy atom. The SMILES string of the molecule is O=C(Cc1ccccc1)N[C@@H]1[C@@H](O)[C@H](O)[C@@H](CF)O[C@@H]1O. The highest BCUT2D eigenvalue weighted by atomic mass is 19.1. The first kappa shape index (κ1) is 15.8. The second-order valence-corrected chi connectivity index (χ2v) is 4.96. The number of aliphatic hydroxyl groups is 3. The second kappa shape index (κ2) is 6.95. The van der Waals surface area contributed by atoms with Crippen LogP contribution in [0.5, 0.6) is 0 Å². The summed E-state index contributed by atoms with van der Waals surface area (Å²) >= 11 is 0. The van der Waals surface area contributed by atoms with Gasteiger partial charge in [0.05, 0.1) is 6.42 Å². The van der Waals surface area contributed by atoms with Crippen molar-refractivity contribution in [3.63, 3.8) is 0 Å². The molecular weight excluding hydrogens is 281 g/mol. The van der Waals surface area contributed by atoms with Crippen LogP contribution in [0.25, 0.3) is 0 Å². The number of hydrogen-bond acceptors (Lipinski definition) is 5.